The lowest BCUT2D eigenvalue weighted by Gasteiger charge is -2.07. The van der Waals surface area contributed by atoms with Crippen LogP contribution in [0.25, 0.3) is 11.7 Å². The second-order valence-corrected chi connectivity index (χ2v) is 5.46. The minimum Gasteiger partial charge on any atom is -0.368 e. The van der Waals surface area contributed by atoms with Gasteiger partial charge in [0.05, 0.1) is 12.6 Å². The van der Waals surface area contributed by atoms with Crippen molar-refractivity contribution >= 4 is 41.1 Å². The van der Waals surface area contributed by atoms with E-state index in [0.29, 0.717) is 22.7 Å². The lowest BCUT2D eigenvalue weighted by Crippen LogP contribution is -2.19. The molecule has 3 heterocycles. The Bertz CT molecular complexity index is 1020. The summed E-state index contributed by atoms with van der Waals surface area (Å²) in [5, 5.41) is 9.62. The number of amides is 2. The quantitative estimate of drug-likeness (QED) is 0.479. The molecule has 1 aliphatic rings. The maximum Gasteiger partial charge on any atom is 0.254 e. The molecule has 4 rings (SSSR count). The van der Waals surface area contributed by atoms with Crippen LogP contribution in [0.15, 0.2) is 42.1 Å². The maximum atomic E-state index is 11.7. The van der Waals surface area contributed by atoms with Crippen molar-refractivity contribution in [1.29, 1.82) is 0 Å². The molecule has 124 valence electrons. The van der Waals surface area contributed by atoms with Gasteiger partial charge in [-0.25, -0.2) is 0 Å². The Morgan fingerprint density at radius 2 is 2.00 bits per heavy atom. The van der Waals surface area contributed by atoms with E-state index in [9.17, 15) is 9.59 Å². The van der Waals surface area contributed by atoms with Gasteiger partial charge in [-0.1, -0.05) is 18.2 Å². The highest BCUT2D eigenvalue weighted by atomic mass is 16.2. The van der Waals surface area contributed by atoms with Crippen molar-refractivity contribution in [3.05, 3.63) is 47.7 Å². The predicted molar refractivity (Wildman–Crippen MR) is 90.7 cm³/mol. The van der Waals surface area contributed by atoms with Crippen LogP contribution in [-0.2, 0) is 9.59 Å². The van der Waals surface area contributed by atoms with Gasteiger partial charge in [-0.15, -0.1) is 0 Å². The highest BCUT2D eigenvalue weighted by molar-refractivity contribution is 6.15. The number of nitrogens with one attached hydrogen (secondary N) is 2. The largest absolute Gasteiger partial charge is 0.368 e. The van der Waals surface area contributed by atoms with Gasteiger partial charge in [0.25, 0.3) is 5.91 Å². The Balaban J connectivity index is 1.78. The summed E-state index contributed by atoms with van der Waals surface area (Å²) in [7, 11) is 0. The highest BCUT2D eigenvalue weighted by Crippen LogP contribution is 2.21. The van der Waals surface area contributed by atoms with Crippen molar-refractivity contribution in [2.45, 2.75) is 6.42 Å². The number of nitrogens with zero attached hydrogens (tertiary/aromatic N) is 4. The van der Waals surface area contributed by atoms with Crippen molar-refractivity contribution in [2.24, 2.45) is 0 Å². The van der Waals surface area contributed by atoms with Crippen molar-refractivity contribution in [3.63, 3.8) is 0 Å². The van der Waals surface area contributed by atoms with E-state index in [2.05, 4.69) is 25.7 Å². The molecule has 0 bridgehead atoms. The molecule has 0 atom stereocenters. The molecule has 2 aromatic heterocycles. The van der Waals surface area contributed by atoms with Gasteiger partial charge in [-0.3, -0.25) is 14.9 Å². The average molecular weight is 335 g/mol. The first-order valence-corrected chi connectivity index (χ1v) is 7.48. The maximum absolute atomic E-state index is 11.7. The number of carbonyl (C=O) groups is 2. The Kier molecular flexibility index (Phi) is 3.38. The van der Waals surface area contributed by atoms with Crippen molar-refractivity contribution in [1.82, 2.24) is 24.9 Å². The number of nitrogens with two attached hydrogens (primary N) is 1. The fourth-order valence-electron chi connectivity index (χ4n) is 2.55. The minimum absolute atomic E-state index is 0.0336. The van der Waals surface area contributed by atoms with Crippen LogP contribution in [-0.4, -0.2) is 31.4 Å². The number of nitrogen functional groups attached to an aromatic ring is 1. The summed E-state index contributed by atoms with van der Waals surface area (Å²) in [5.74, 6) is -0.273. The van der Waals surface area contributed by atoms with E-state index in [1.165, 1.54) is 4.52 Å². The van der Waals surface area contributed by atoms with Gasteiger partial charge in [0.1, 0.15) is 0 Å². The van der Waals surface area contributed by atoms with Gasteiger partial charge in [0.2, 0.25) is 17.8 Å². The molecule has 0 aliphatic carbocycles. The summed E-state index contributed by atoms with van der Waals surface area (Å²) >= 11 is 0. The molecule has 9 nitrogen and oxygen atoms in total. The molecule has 0 radical (unpaired) electrons. The number of fused-ring (bicyclic) bond motifs is 1. The molecule has 1 saturated heterocycles. The van der Waals surface area contributed by atoms with Gasteiger partial charge in [0, 0.05) is 16.8 Å². The number of para-hydroxylation sites is 1. The van der Waals surface area contributed by atoms with Crippen LogP contribution < -0.4 is 16.4 Å². The predicted octanol–water partition coefficient (Wildman–Crippen LogP) is 0.880. The molecular weight excluding hydrogens is 322 g/mol. The molecule has 2 amide bonds. The number of benzene rings is 1. The zero-order valence-corrected chi connectivity index (χ0v) is 12.9. The Morgan fingerprint density at radius 3 is 2.72 bits per heavy atom. The van der Waals surface area contributed by atoms with Crippen LogP contribution >= 0.6 is 0 Å². The Labute approximate surface area is 141 Å². The summed E-state index contributed by atoms with van der Waals surface area (Å²) in [6, 6.07) is 9.44. The Hall–Kier alpha value is -3.75. The summed E-state index contributed by atoms with van der Waals surface area (Å²) in [6.45, 7) is 0. The van der Waals surface area contributed by atoms with E-state index in [1.54, 1.807) is 12.3 Å². The molecular formula is C16H13N7O2. The lowest BCUT2D eigenvalue weighted by atomic mass is 10.1. The molecule has 25 heavy (non-hydrogen) atoms. The SMILES string of the molecule is Nc1nc(Nc2ccccc2)n2ncc(/C=C3\CC(=O)NC3=O)c2n1. The number of aromatic nitrogens is 4. The summed E-state index contributed by atoms with van der Waals surface area (Å²) in [6.07, 6.45) is 3.16. The van der Waals surface area contributed by atoms with Gasteiger partial charge in [-0.2, -0.15) is 19.6 Å². The van der Waals surface area contributed by atoms with Gasteiger partial charge in [0.15, 0.2) is 5.65 Å². The van der Waals surface area contributed by atoms with Gasteiger partial charge in [-0.05, 0) is 18.2 Å². The molecule has 9 heteroatoms. The first-order chi connectivity index (χ1) is 12.1. The monoisotopic (exact) mass is 335 g/mol. The van der Waals surface area contributed by atoms with Crippen LogP contribution in [0.5, 0.6) is 0 Å². The first kappa shape index (κ1) is 14.8. The third kappa shape index (κ3) is 2.78. The van der Waals surface area contributed by atoms with E-state index in [1.807, 2.05) is 30.3 Å². The molecule has 1 aromatic carbocycles. The van der Waals surface area contributed by atoms with E-state index in [0.717, 1.165) is 5.69 Å². The number of carbonyl (C=O) groups excluding carboxylic acids is 2. The molecule has 3 aromatic rings. The first-order valence-electron chi connectivity index (χ1n) is 7.48. The smallest absolute Gasteiger partial charge is 0.254 e. The summed E-state index contributed by atoms with van der Waals surface area (Å²) in [5.41, 5.74) is 7.99. The molecule has 4 N–H and O–H groups in total. The number of hydrogen-bond acceptors (Lipinski definition) is 7. The standard InChI is InChI=1S/C16H13N7O2/c17-15-21-13-10(6-9-7-12(24)20-14(9)25)8-18-23(13)16(22-15)19-11-4-2-1-3-5-11/h1-6,8H,7H2,(H,20,24,25)(H3,17,19,21,22)/b9-6+. The van der Waals surface area contributed by atoms with Crippen molar-refractivity contribution < 1.29 is 9.59 Å². The normalized spacial score (nSPS) is 15.8. The topological polar surface area (TPSA) is 127 Å². The third-order valence-electron chi connectivity index (χ3n) is 3.67. The van der Waals surface area contributed by atoms with Crippen LogP contribution in [0.2, 0.25) is 0 Å². The summed E-state index contributed by atoms with van der Waals surface area (Å²) < 4.78 is 1.49. The van der Waals surface area contributed by atoms with Gasteiger partial charge >= 0.3 is 0 Å². The molecule has 1 aliphatic heterocycles. The number of imide groups is 1. The van der Waals surface area contributed by atoms with Crippen molar-refractivity contribution in [3.8, 4) is 0 Å². The molecule has 0 unspecified atom stereocenters. The van der Waals surface area contributed by atoms with E-state index < -0.39 is 5.91 Å². The minimum atomic E-state index is -0.408. The highest BCUT2D eigenvalue weighted by Gasteiger charge is 2.24. The van der Waals surface area contributed by atoms with E-state index in [-0.39, 0.29) is 18.3 Å². The fraction of sp³-hybridized carbons (Fsp3) is 0.0625. The van der Waals surface area contributed by atoms with Crippen LogP contribution in [0.3, 0.4) is 0 Å². The average Bonchev–Trinajstić information content (AvgIpc) is 3.12. The number of hydrogen-bond donors (Lipinski definition) is 3. The summed E-state index contributed by atoms with van der Waals surface area (Å²) in [4.78, 5) is 31.4. The van der Waals surface area contributed by atoms with E-state index in [4.69, 9.17) is 5.73 Å². The zero-order valence-electron chi connectivity index (χ0n) is 12.9. The number of anilines is 3. The van der Waals surface area contributed by atoms with Gasteiger partial charge < -0.3 is 11.1 Å². The van der Waals surface area contributed by atoms with Crippen LogP contribution in [0.4, 0.5) is 17.6 Å². The lowest BCUT2D eigenvalue weighted by molar-refractivity contribution is -0.124. The third-order valence-corrected chi connectivity index (χ3v) is 3.67. The van der Waals surface area contributed by atoms with Crippen LogP contribution in [0.1, 0.15) is 12.0 Å². The molecule has 0 saturated carbocycles. The van der Waals surface area contributed by atoms with E-state index >= 15 is 0 Å². The van der Waals surface area contributed by atoms with Crippen LogP contribution in [0, 0.1) is 0 Å². The Morgan fingerprint density at radius 1 is 1.20 bits per heavy atom. The fourth-order valence-corrected chi connectivity index (χ4v) is 2.55. The number of rotatable bonds is 3. The second kappa shape index (κ2) is 5.71. The zero-order chi connectivity index (χ0) is 17.4. The molecule has 1 fully saturated rings. The second-order valence-electron chi connectivity index (χ2n) is 5.46. The van der Waals surface area contributed by atoms with Crippen molar-refractivity contribution in [2.75, 3.05) is 11.1 Å². The molecule has 0 spiro atoms.